The Morgan fingerprint density at radius 2 is 2.17 bits per heavy atom. The molecule has 2 fully saturated rings. The molecule has 106 valence electrons. The van der Waals surface area contributed by atoms with Gasteiger partial charge in [0.1, 0.15) is 0 Å². The third-order valence-electron chi connectivity index (χ3n) is 4.31. The molecule has 0 aromatic heterocycles. The second kappa shape index (κ2) is 7.43. The van der Waals surface area contributed by atoms with E-state index in [1.807, 2.05) is 0 Å². The van der Waals surface area contributed by atoms with Crippen LogP contribution in [0.5, 0.6) is 0 Å². The highest BCUT2D eigenvalue weighted by Gasteiger charge is 2.23. The third kappa shape index (κ3) is 4.50. The van der Waals surface area contributed by atoms with E-state index in [0.717, 1.165) is 11.8 Å². The van der Waals surface area contributed by atoms with Crippen LogP contribution in [0.2, 0.25) is 0 Å². The molecule has 2 heterocycles. The summed E-state index contributed by atoms with van der Waals surface area (Å²) in [6.45, 7) is 10.9. The molecule has 0 radical (unpaired) electrons. The van der Waals surface area contributed by atoms with Crippen molar-refractivity contribution in [2.24, 2.45) is 11.8 Å². The molecule has 0 bridgehead atoms. The fraction of sp³-hybridized carbons (Fsp3) is 1.00. The molecule has 3 N–H and O–H groups in total. The van der Waals surface area contributed by atoms with E-state index in [1.54, 1.807) is 0 Å². The van der Waals surface area contributed by atoms with E-state index in [4.69, 9.17) is 0 Å². The molecule has 2 aliphatic rings. The Morgan fingerprint density at radius 3 is 2.89 bits per heavy atom. The van der Waals surface area contributed by atoms with Gasteiger partial charge in [0.05, 0.1) is 0 Å². The van der Waals surface area contributed by atoms with Crippen molar-refractivity contribution in [3.63, 3.8) is 0 Å². The molecule has 0 saturated carbocycles. The van der Waals surface area contributed by atoms with Gasteiger partial charge in [-0.2, -0.15) is 0 Å². The lowest BCUT2D eigenvalue weighted by Crippen LogP contribution is -2.40. The van der Waals surface area contributed by atoms with Crippen molar-refractivity contribution < 1.29 is 0 Å². The van der Waals surface area contributed by atoms with E-state index in [2.05, 4.69) is 34.8 Å². The molecule has 2 rings (SSSR count). The average Bonchev–Trinajstić information content (AvgIpc) is 2.99. The molecule has 0 aliphatic carbocycles. The van der Waals surface area contributed by atoms with E-state index >= 15 is 0 Å². The van der Waals surface area contributed by atoms with Gasteiger partial charge in [0.15, 0.2) is 0 Å². The molecule has 2 unspecified atom stereocenters. The zero-order valence-corrected chi connectivity index (χ0v) is 12.0. The van der Waals surface area contributed by atoms with Crippen molar-refractivity contribution in [3.8, 4) is 0 Å². The fourth-order valence-corrected chi connectivity index (χ4v) is 3.24. The van der Waals surface area contributed by atoms with Crippen LogP contribution in [-0.2, 0) is 0 Å². The third-order valence-corrected chi connectivity index (χ3v) is 4.31. The average molecular weight is 254 g/mol. The van der Waals surface area contributed by atoms with Crippen molar-refractivity contribution in [1.29, 1.82) is 0 Å². The van der Waals surface area contributed by atoms with Crippen LogP contribution in [-0.4, -0.2) is 63.8 Å². The van der Waals surface area contributed by atoms with E-state index in [-0.39, 0.29) is 0 Å². The minimum absolute atomic E-state index is 0.624. The first-order valence-electron chi connectivity index (χ1n) is 7.59. The summed E-state index contributed by atoms with van der Waals surface area (Å²) in [5.41, 5.74) is 0. The predicted octanol–water partition coefficient (Wildman–Crippen LogP) is 0.115. The van der Waals surface area contributed by atoms with Crippen LogP contribution in [0.25, 0.3) is 0 Å². The van der Waals surface area contributed by atoms with Crippen LogP contribution in [0, 0.1) is 11.8 Å². The summed E-state index contributed by atoms with van der Waals surface area (Å²) >= 11 is 0. The number of nitrogens with zero attached hydrogens (tertiary/aromatic N) is 1. The summed E-state index contributed by atoms with van der Waals surface area (Å²) in [6.07, 6.45) is 2.70. The minimum atomic E-state index is 0.624. The summed E-state index contributed by atoms with van der Waals surface area (Å²) < 4.78 is 0. The number of rotatable bonds is 7. The maximum atomic E-state index is 3.70. The topological polar surface area (TPSA) is 39.3 Å². The quantitative estimate of drug-likeness (QED) is 0.603. The normalized spacial score (nSPS) is 31.0. The van der Waals surface area contributed by atoms with Gasteiger partial charge in [0.25, 0.3) is 0 Å². The van der Waals surface area contributed by atoms with Crippen LogP contribution in [0.1, 0.15) is 19.8 Å². The number of hydrogen-bond acceptors (Lipinski definition) is 4. The van der Waals surface area contributed by atoms with Gasteiger partial charge in [-0.1, -0.05) is 0 Å². The van der Waals surface area contributed by atoms with Crippen LogP contribution in [0.15, 0.2) is 0 Å². The fourth-order valence-electron chi connectivity index (χ4n) is 3.24. The van der Waals surface area contributed by atoms with Crippen LogP contribution in [0.4, 0.5) is 0 Å². The van der Waals surface area contributed by atoms with Gasteiger partial charge in [-0.15, -0.1) is 0 Å². The highest BCUT2D eigenvalue weighted by molar-refractivity contribution is 4.80. The molecule has 0 aromatic rings. The van der Waals surface area contributed by atoms with Gasteiger partial charge >= 0.3 is 0 Å². The Hall–Kier alpha value is -0.160. The standard InChI is InChI=1S/C14H30N4/c1-12(17-9-13-3-5-16-8-13)10-18-6-4-14(11-18)7-15-2/h12-17H,3-11H2,1-2H3/t12?,13-,14?/m0/s1. The molecule has 0 aromatic carbocycles. The molecule has 2 saturated heterocycles. The Kier molecular flexibility index (Phi) is 5.89. The summed E-state index contributed by atoms with van der Waals surface area (Å²) in [4.78, 5) is 2.62. The molecular weight excluding hydrogens is 224 g/mol. The van der Waals surface area contributed by atoms with Gasteiger partial charge in [-0.25, -0.2) is 0 Å². The lowest BCUT2D eigenvalue weighted by molar-refractivity contribution is 0.282. The van der Waals surface area contributed by atoms with Crippen molar-refractivity contribution in [3.05, 3.63) is 0 Å². The SMILES string of the molecule is CNCC1CCN(CC(C)NC[C@H]2CCNC2)C1. The van der Waals surface area contributed by atoms with Gasteiger partial charge in [-0.3, -0.25) is 0 Å². The smallest absolute Gasteiger partial charge is 0.0166 e. The lowest BCUT2D eigenvalue weighted by atomic mass is 10.1. The highest BCUT2D eigenvalue weighted by atomic mass is 15.2. The molecule has 0 spiro atoms. The zero-order valence-electron chi connectivity index (χ0n) is 12.0. The monoisotopic (exact) mass is 254 g/mol. The number of nitrogens with one attached hydrogen (secondary N) is 3. The summed E-state index contributed by atoms with van der Waals surface area (Å²) in [5.74, 6) is 1.71. The first-order chi connectivity index (χ1) is 8.78. The van der Waals surface area contributed by atoms with Crippen molar-refractivity contribution in [2.75, 3.05) is 52.9 Å². The molecule has 3 atom stereocenters. The van der Waals surface area contributed by atoms with E-state index in [0.29, 0.717) is 6.04 Å². The first-order valence-corrected chi connectivity index (χ1v) is 7.59. The Labute approximate surface area is 112 Å². The largest absolute Gasteiger partial charge is 0.319 e. The van der Waals surface area contributed by atoms with E-state index < -0.39 is 0 Å². The van der Waals surface area contributed by atoms with Crippen molar-refractivity contribution in [2.45, 2.75) is 25.8 Å². The van der Waals surface area contributed by atoms with Crippen LogP contribution < -0.4 is 16.0 Å². The Morgan fingerprint density at radius 1 is 1.28 bits per heavy atom. The Balaban J connectivity index is 1.57. The van der Waals surface area contributed by atoms with Crippen molar-refractivity contribution >= 4 is 0 Å². The maximum absolute atomic E-state index is 3.70. The molecule has 4 nitrogen and oxygen atoms in total. The first kappa shape index (κ1) is 14.3. The van der Waals surface area contributed by atoms with Crippen molar-refractivity contribution in [1.82, 2.24) is 20.9 Å². The summed E-state index contributed by atoms with van der Waals surface area (Å²) in [6, 6.07) is 0.624. The second-order valence-corrected chi connectivity index (χ2v) is 6.14. The Bertz CT molecular complexity index is 228. The molecule has 18 heavy (non-hydrogen) atoms. The van der Waals surface area contributed by atoms with E-state index in [1.165, 1.54) is 58.7 Å². The molecular formula is C14H30N4. The predicted molar refractivity (Wildman–Crippen MR) is 76.9 cm³/mol. The van der Waals surface area contributed by atoms with Crippen LogP contribution >= 0.6 is 0 Å². The second-order valence-electron chi connectivity index (χ2n) is 6.14. The molecule has 0 amide bonds. The zero-order chi connectivity index (χ0) is 12.8. The van der Waals surface area contributed by atoms with Gasteiger partial charge in [-0.05, 0) is 71.4 Å². The minimum Gasteiger partial charge on any atom is -0.319 e. The number of likely N-dealkylation sites (tertiary alicyclic amines) is 1. The van der Waals surface area contributed by atoms with Gasteiger partial charge in [0.2, 0.25) is 0 Å². The highest BCUT2D eigenvalue weighted by Crippen LogP contribution is 2.15. The van der Waals surface area contributed by atoms with Crippen LogP contribution in [0.3, 0.4) is 0 Å². The van der Waals surface area contributed by atoms with Gasteiger partial charge < -0.3 is 20.9 Å². The summed E-state index contributed by atoms with van der Waals surface area (Å²) in [7, 11) is 2.06. The van der Waals surface area contributed by atoms with Gasteiger partial charge in [0, 0.05) is 19.1 Å². The lowest BCUT2D eigenvalue weighted by Gasteiger charge is -2.23. The molecule has 2 aliphatic heterocycles. The summed E-state index contributed by atoms with van der Waals surface area (Å²) in [5, 5.41) is 10.4. The number of hydrogen-bond donors (Lipinski definition) is 3. The maximum Gasteiger partial charge on any atom is 0.0166 e. The van der Waals surface area contributed by atoms with E-state index in [9.17, 15) is 0 Å². The molecule has 4 heteroatoms.